The number of halogens is 3. The Morgan fingerprint density at radius 3 is 2.40 bits per heavy atom. The zero-order valence-corrected chi connectivity index (χ0v) is 12.1. The van der Waals surface area contributed by atoms with E-state index in [9.17, 15) is 13.2 Å². The number of hydrogen-bond acceptors (Lipinski definition) is 2. The lowest BCUT2D eigenvalue weighted by molar-refractivity contribution is -0.119. The summed E-state index contributed by atoms with van der Waals surface area (Å²) in [4.78, 5) is 1.42. The highest BCUT2D eigenvalue weighted by Crippen LogP contribution is 2.25. The Hall–Kier alpha value is -1.23. The molecule has 114 valence electrons. The number of nitrogens with zero attached hydrogens (tertiary/aromatic N) is 1. The zero-order chi connectivity index (χ0) is 15.0. The second kappa shape index (κ2) is 8.15. The van der Waals surface area contributed by atoms with Crippen molar-refractivity contribution in [1.82, 2.24) is 5.32 Å². The molecule has 20 heavy (non-hydrogen) atoms. The van der Waals surface area contributed by atoms with Gasteiger partial charge in [-0.2, -0.15) is 13.2 Å². The molecule has 0 radical (unpaired) electrons. The first-order chi connectivity index (χ1) is 9.48. The SMILES string of the molecule is CCCNCc1ccccc1N(CCC)CC(F)(F)F. The van der Waals surface area contributed by atoms with Crippen LogP contribution >= 0.6 is 0 Å². The summed E-state index contributed by atoms with van der Waals surface area (Å²) in [5, 5.41) is 3.24. The highest BCUT2D eigenvalue weighted by Gasteiger charge is 2.31. The lowest BCUT2D eigenvalue weighted by Gasteiger charge is -2.27. The van der Waals surface area contributed by atoms with Crippen LogP contribution in [0, 0.1) is 0 Å². The third-order valence-electron chi connectivity index (χ3n) is 2.94. The van der Waals surface area contributed by atoms with Gasteiger partial charge < -0.3 is 10.2 Å². The first kappa shape index (κ1) is 16.8. The van der Waals surface area contributed by atoms with Gasteiger partial charge in [-0.1, -0.05) is 32.0 Å². The molecule has 2 nitrogen and oxygen atoms in total. The molecular weight excluding hydrogens is 265 g/mol. The maximum absolute atomic E-state index is 12.7. The van der Waals surface area contributed by atoms with Gasteiger partial charge in [0.2, 0.25) is 0 Å². The van der Waals surface area contributed by atoms with Crippen LogP contribution in [0.15, 0.2) is 24.3 Å². The molecule has 1 rings (SSSR count). The fourth-order valence-corrected chi connectivity index (χ4v) is 2.14. The number of nitrogens with one attached hydrogen (secondary N) is 1. The van der Waals surface area contributed by atoms with E-state index in [-0.39, 0.29) is 0 Å². The highest BCUT2D eigenvalue weighted by molar-refractivity contribution is 5.53. The predicted molar refractivity (Wildman–Crippen MR) is 77.0 cm³/mol. The predicted octanol–water partition coefficient (Wildman–Crippen LogP) is 3.96. The van der Waals surface area contributed by atoms with E-state index in [1.807, 2.05) is 19.1 Å². The number of para-hydroxylation sites is 1. The van der Waals surface area contributed by atoms with Crippen LogP contribution in [0.2, 0.25) is 0 Å². The minimum Gasteiger partial charge on any atom is -0.362 e. The molecule has 0 amide bonds. The van der Waals surface area contributed by atoms with E-state index in [1.165, 1.54) is 4.90 Å². The van der Waals surface area contributed by atoms with Crippen LogP contribution in [-0.4, -0.2) is 25.8 Å². The Morgan fingerprint density at radius 1 is 1.10 bits per heavy atom. The average Bonchev–Trinajstić information content (AvgIpc) is 2.38. The van der Waals surface area contributed by atoms with Gasteiger partial charge in [0.1, 0.15) is 6.54 Å². The van der Waals surface area contributed by atoms with Gasteiger partial charge in [-0.15, -0.1) is 0 Å². The molecule has 0 aliphatic rings. The van der Waals surface area contributed by atoms with E-state index in [0.29, 0.717) is 25.2 Å². The van der Waals surface area contributed by atoms with E-state index in [0.717, 1.165) is 18.5 Å². The largest absolute Gasteiger partial charge is 0.405 e. The van der Waals surface area contributed by atoms with E-state index < -0.39 is 12.7 Å². The van der Waals surface area contributed by atoms with Crippen LogP contribution in [0.3, 0.4) is 0 Å². The average molecular weight is 288 g/mol. The monoisotopic (exact) mass is 288 g/mol. The van der Waals surface area contributed by atoms with Gasteiger partial charge in [0, 0.05) is 18.8 Å². The Kier molecular flexibility index (Phi) is 6.85. The summed E-state index contributed by atoms with van der Waals surface area (Å²) in [6, 6.07) is 7.31. The smallest absolute Gasteiger partial charge is 0.362 e. The second-order valence-corrected chi connectivity index (χ2v) is 4.84. The number of hydrogen-bond donors (Lipinski definition) is 1. The van der Waals surface area contributed by atoms with Crippen LogP contribution in [0.25, 0.3) is 0 Å². The van der Waals surface area contributed by atoms with E-state index in [1.54, 1.807) is 12.1 Å². The first-order valence-electron chi connectivity index (χ1n) is 7.08. The lowest BCUT2D eigenvalue weighted by atomic mass is 10.1. The quantitative estimate of drug-likeness (QED) is 0.728. The molecule has 0 aromatic heterocycles. The van der Waals surface area contributed by atoms with Crippen LogP contribution in [0.1, 0.15) is 32.3 Å². The van der Waals surface area contributed by atoms with Crippen molar-refractivity contribution in [2.45, 2.75) is 39.4 Å². The van der Waals surface area contributed by atoms with Crippen molar-refractivity contribution in [3.63, 3.8) is 0 Å². The van der Waals surface area contributed by atoms with Crippen LogP contribution in [0.5, 0.6) is 0 Å². The Balaban J connectivity index is 2.88. The van der Waals surface area contributed by atoms with E-state index >= 15 is 0 Å². The normalized spacial score (nSPS) is 11.7. The van der Waals surface area contributed by atoms with Crippen LogP contribution in [-0.2, 0) is 6.54 Å². The van der Waals surface area contributed by atoms with Crippen LogP contribution < -0.4 is 10.2 Å². The molecule has 0 atom stereocenters. The van der Waals surface area contributed by atoms with Gasteiger partial charge in [-0.05, 0) is 31.0 Å². The molecule has 1 aromatic rings. The molecule has 0 heterocycles. The van der Waals surface area contributed by atoms with E-state index in [2.05, 4.69) is 12.2 Å². The molecule has 0 aliphatic carbocycles. The third kappa shape index (κ3) is 5.82. The van der Waals surface area contributed by atoms with Crippen LogP contribution in [0.4, 0.5) is 18.9 Å². The minimum absolute atomic E-state index is 0.407. The lowest BCUT2D eigenvalue weighted by Crippen LogP contribution is -2.35. The minimum atomic E-state index is -4.18. The number of alkyl halides is 3. The fourth-order valence-electron chi connectivity index (χ4n) is 2.14. The Labute approximate surface area is 119 Å². The fraction of sp³-hybridized carbons (Fsp3) is 0.600. The summed E-state index contributed by atoms with van der Waals surface area (Å²) in [6.07, 6.45) is -2.49. The molecule has 1 N–H and O–H groups in total. The molecule has 0 fully saturated rings. The molecule has 1 aromatic carbocycles. The second-order valence-electron chi connectivity index (χ2n) is 4.84. The maximum atomic E-state index is 12.7. The number of anilines is 1. The number of rotatable bonds is 8. The van der Waals surface area contributed by atoms with Crippen molar-refractivity contribution in [3.05, 3.63) is 29.8 Å². The molecule has 0 saturated heterocycles. The van der Waals surface area contributed by atoms with Gasteiger partial charge >= 0.3 is 6.18 Å². The Bertz CT molecular complexity index is 391. The molecule has 0 bridgehead atoms. The van der Waals surface area contributed by atoms with E-state index in [4.69, 9.17) is 0 Å². The summed E-state index contributed by atoms with van der Waals surface area (Å²) >= 11 is 0. The molecule has 0 aliphatic heterocycles. The van der Waals surface area contributed by atoms with Gasteiger partial charge in [0.05, 0.1) is 0 Å². The molecule has 0 saturated carbocycles. The summed E-state index contributed by atoms with van der Waals surface area (Å²) in [5.41, 5.74) is 1.59. The highest BCUT2D eigenvalue weighted by atomic mass is 19.4. The summed E-state index contributed by atoms with van der Waals surface area (Å²) in [7, 11) is 0. The van der Waals surface area contributed by atoms with Gasteiger partial charge in [-0.25, -0.2) is 0 Å². The number of benzene rings is 1. The summed E-state index contributed by atoms with van der Waals surface area (Å²) in [5.74, 6) is 0. The standard InChI is InChI=1S/C15H23F3N2/c1-3-9-19-11-13-7-5-6-8-14(13)20(10-4-2)12-15(16,17)18/h5-8,19H,3-4,9-12H2,1-2H3. The van der Waals surface area contributed by atoms with Gasteiger partial charge in [0.15, 0.2) is 0 Å². The van der Waals surface area contributed by atoms with Crippen molar-refractivity contribution in [2.24, 2.45) is 0 Å². The Morgan fingerprint density at radius 2 is 1.80 bits per heavy atom. The summed E-state index contributed by atoms with van der Waals surface area (Å²) in [6.45, 7) is 4.92. The summed E-state index contributed by atoms with van der Waals surface area (Å²) < 4.78 is 38.1. The van der Waals surface area contributed by atoms with Crippen molar-refractivity contribution in [3.8, 4) is 0 Å². The van der Waals surface area contributed by atoms with Crippen molar-refractivity contribution < 1.29 is 13.2 Å². The van der Waals surface area contributed by atoms with Crippen molar-refractivity contribution >= 4 is 5.69 Å². The molecule has 0 unspecified atom stereocenters. The first-order valence-corrected chi connectivity index (χ1v) is 7.08. The van der Waals surface area contributed by atoms with Gasteiger partial charge in [0.25, 0.3) is 0 Å². The maximum Gasteiger partial charge on any atom is 0.405 e. The zero-order valence-electron chi connectivity index (χ0n) is 12.1. The third-order valence-corrected chi connectivity index (χ3v) is 2.94. The van der Waals surface area contributed by atoms with Crippen molar-refractivity contribution in [2.75, 3.05) is 24.5 Å². The molecule has 5 heteroatoms. The molecular formula is C15H23F3N2. The van der Waals surface area contributed by atoms with Crippen molar-refractivity contribution in [1.29, 1.82) is 0 Å². The molecule has 0 spiro atoms. The van der Waals surface area contributed by atoms with Gasteiger partial charge in [-0.3, -0.25) is 0 Å². The topological polar surface area (TPSA) is 15.3 Å².